The molecular formula is C24H23NO5. The number of rotatable bonds is 8. The lowest BCUT2D eigenvalue weighted by Gasteiger charge is -2.14. The van der Waals surface area contributed by atoms with Crippen molar-refractivity contribution in [2.75, 3.05) is 5.32 Å². The predicted octanol–water partition coefficient (Wildman–Crippen LogP) is 4.08. The van der Waals surface area contributed by atoms with Crippen LogP contribution in [0.5, 0.6) is 11.5 Å². The molecule has 3 aromatic rings. The van der Waals surface area contributed by atoms with Crippen LogP contribution in [0, 0.1) is 0 Å². The molecule has 0 bridgehead atoms. The van der Waals surface area contributed by atoms with Gasteiger partial charge in [0.1, 0.15) is 18.1 Å². The number of anilines is 1. The number of phenols is 1. The van der Waals surface area contributed by atoms with Crippen molar-refractivity contribution >= 4 is 17.6 Å². The summed E-state index contributed by atoms with van der Waals surface area (Å²) in [5.41, 5.74) is 2.34. The van der Waals surface area contributed by atoms with Crippen molar-refractivity contribution in [1.29, 1.82) is 0 Å². The normalized spacial score (nSPS) is 11.4. The fraction of sp³-hybridized carbons (Fsp3) is 0.167. The van der Waals surface area contributed by atoms with E-state index in [4.69, 9.17) is 9.47 Å². The van der Waals surface area contributed by atoms with Gasteiger partial charge in [0.05, 0.1) is 6.42 Å². The number of ether oxygens (including phenoxy) is 2. The smallest absolute Gasteiger partial charge is 0.311 e. The summed E-state index contributed by atoms with van der Waals surface area (Å²) in [6.45, 7) is 1.97. The maximum atomic E-state index is 12.3. The standard InChI is InChI=1S/C24H23NO5/c1-17(30-23(27)15-18-7-11-21(26)12-8-18)24(28)25-20-9-13-22(14-10-20)29-16-19-5-3-2-4-6-19/h2-14,17,26H,15-16H2,1H3,(H,25,28)/t17-/m1/s1. The van der Waals surface area contributed by atoms with Crippen LogP contribution >= 0.6 is 0 Å². The van der Waals surface area contributed by atoms with E-state index in [1.54, 1.807) is 36.4 Å². The molecule has 0 saturated heterocycles. The van der Waals surface area contributed by atoms with Crippen molar-refractivity contribution in [2.45, 2.75) is 26.1 Å². The minimum atomic E-state index is -0.941. The highest BCUT2D eigenvalue weighted by molar-refractivity contribution is 5.95. The number of amides is 1. The molecule has 6 heteroatoms. The van der Waals surface area contributed by atoms with Crippen LogP contribution in [0.15, 0.2) is 78.9 Å². The second kappa shape index (κ2) is 10.1. The molecule has 30 heavy (non-hydrogen) atoms. The number of phenolic OH excluding ortho intramolecular Hbond substituents is 1. The number of esters is 1. The van der Waals surface area contributed by atoms with Gasteiger partial charge in [-0.05, 0) is 54.4 Å². The van der Waals surface area contributed by atoms with Crippen LogP contribution in [0.25, 0.3) is 0 Å². The van der Waals surface area contributed by atoms with E-state index in [9.17, 15) is 14.7 Å². The van der Waals surface area contributed by atoms with Crippen molar-refractivity contribution in [3.63, 3.8) is 0 Å². The number of aromatic hydroxyl groups is 1. The number of carbonyl (C=O) groups excluding carboxylic acids is 2. The van der Waals surface area contributed by atoms with E-state index in [0.717, 1.165) is 5.56 Å². The van der Waals surface area contributed by atoms with E-state index in [-0.39, 0.29) is 12.2 Å². The zero-order valence-corrected chi connectivity index (χ0v) is 16.6. The lowest BCUT2D eigenvalue weighted by Crippen LogP contribution is -2.30. The molecule has 1 atom stereocenters. The molecule has 154 valence electrons. The van der Waals surface area contributed by atoms with Crippen molar-refractivity contribution < 1.29 is 24.2 Å². The largest absolute Gasteiger partial charge is 0.508 e. The Hall–Kier alpha value is -3.80. The summed E-state index contributed by atoms with van der Waals surface area (Å²) in [5.74, 6) is -0.137. The Morgan fingerprint density at radius 2 is 1.57 bits per heavy atom. The molecular weight excluding hydrogens is 382 g/mol. The highest BCUT2D eigenvalue weighted by Gasteiger charge is 2.18. The summed E-state index contributed by atoms with van der Waals surface area (Å²) in [6, 6.07) is 23.0. The molecule has 0 heterocycles. The van der Waals surface area contributed by atoms with Gasteiger partial charge in [0.15, 0.2) is 6.10 Å². The van der Waals surface area contributed by atoms with E-state index in [2.05, 4.69) is 5.32 Å². The number of hydrogen-bond donors (Lipinski definition) is 2. The number of nitrogens with one attached hydrogen (secondary N) is 1. The van der Waals surface area contributed by atoms with Crippen LogP contribution in [0.2, 0.25) is 0 Å². The van der Waals surface area contributed by atoms with Gasteiger partial charge >= 0.3 is 5.97 Å². The lowest BCUT2D eigenvalue weighted by molar-refractivity contribution is -0.152. The third kappa shape index (κ3) is 6.38. The summed E-state index contributed by atoms with van der Waals surface area (Å²) < 4.78 is 10.9. The average molecular weight is 405 g/mol. The molecule has 3 aromatic carbocycles. The van der Waals surface area contributed by atoms with Crippen LogP contribution in [0.3, 0.4) is 0 Å². The predicted molar refractivity (Wildman–Crippen MR) is 113 cm³/mol. The molecule has 0 fully saturated rings. The zero-order valence-electron chi connectivity index (χ0n) is 16.6. The SMILES string of the molecule is C[C@@H](OC(=O)Cc1ccc(O)cc1)C(=O)Nc1ccc(OCc2ccccc2)cc1. The van der Waals surface area contributed by atoms with Gasteiger partial charge in [-0.15, -0.1) is 0 Å². The van der Waals surface area contributed by atoms with E-state index < -0.39 is 18.0 Å². The van der Waals surface area contributed by atoms with Gasteiger partial charge in [0.25, 0.3) is 5.91 Å². The molecule has 3 rings (SSSR count). The molecule has 6 nitrogen and oxygen atoms in total. The van der Waals surface area contributed by atoms with E-state index in [1.807, 2.05) is 30.3 Å². The zero-order chi connectivity index (χ0) is 21.3. The monoisotopic (exact) mass is 405 g/mol. The van der Waals surface area contributed by atoms with Crippen molar-refractivity contribution in [1.82, 2.24) is 0 Å². The Bertz CT molecular complexity index is 969. The van der Waals surface area contributed by atoms with Gasteiger partial charge in [-0.1, -0.05) is 42.5 Å². The molecule has 2 N–H and O–H groups in total. The van der Waals surface area contributed by atoms with E-state index in [0.29, 0.717) is 23.6 Å². The van der Waals surface area contributed by atoms with Crippen molar-refractivity contribution in [2.24, 2.45) is 0 Å². The summed E-state index contributed by atoms with van der Waals surface area (Å²) in [4.78, 5) is 24.3. The lowest BCUT2D eigenvalue weighted by atomic mass is 10.1. The Labute approximate surface area is 175 Å². The molecule has 1 amide bonds. The maximum Gasteiger partial charge on any atom is 0.311 e. The van der Waals surface area contributed by atoms with E-state index in [1.165, 1.54) is 19.1 Å². The quantitative estimate of drug-likeness (QED) is 0.552. The Morgan fingerprint density at radius 1 is 0.900 bits per heavy atom. The molecule has 0 spiro atoms. The number of carbonyl (C=O) groups is 2. The Morgan fingerprint density at radius 3 is 2.23 bits per heavy atom. The summed E-state index contributed by atoms with van der Waals surface area (Å²) in [6.07, 6.45) is -0.922. The molecule has 0 aliphatic carbocycles. The van der Waals surface area contributed by atoms with E-state index >= 15 is 0 Å². The van der Waals surface area contributed by atoms with Crippen LogP contribution in [-0.2, 0) is 27.4 Å². The molecule has 0 radical (unpaired) electrons. The first-order chi connectivity index (χ1) is 14.5. The molecule has 0 aromatic heterocycles. The highest BCUT2D eigenvalue weighted by Crippen LogP contribution is 2.18. The van der Waals surface area contributed by atoms with Gasteiger partial charge in [-0.25, -0.2) is 0 Å². The highest BCUT2D eigenvalue weighted by atomic mass is 16.5. The van der Waals surface area contributed by atoms with Gasteiger partial charge < -0.3 is 19.9 Å². The van der Waals surface area contributed by atoms with Gasteiger partial charge in [0.2, 0.25) is 0 Å². The fourth-order valence-electron chi connectivity index (χ4n) is 2.69. The minimum Gasteiger partial charge on any atom is -0.508 e. The third-order valence-electron chi connectivity index (χ3n) is 4.33. The van der Waals surface area contributed by atoms with Gasteiger partial charge in [-0.3, -0.25) is 9.59 Å². The Kier molecular flexibility index (Phi) is 7.05. The average Bonchev–Trinajstić information content (AvgIpc) is 2.75. The third-order valence-corrected chi connectivity index (χ3v) is 4.33. The Balaban J connectivity index is 1.46. The topological polar surface area (TPSA) is 84.9 Å². The molecule has 0 unspecified atom stereocenters. The van der Waals surface area contributed by atoms with Crippen LogP contribution in [-0.4, -0.2) is 23.1 Å². The summed E-state index contributed by atoms with van der Waals surface area (Å²) in [5, 5.41) is 12.0. The number of hydrogen-bond acceptors (Lipinski definition) is 5. The fourth-order valence-corrected chi connectivity index (χ4v) is 2.69. The van der Waals surface area contributed by atoms with Crippen LogP contribution < -0.4 is 10.1 Å². The van der Waals surface area contributed by atoms with Gasteiger partial charge in [0, 0.05) is 5.69 Å². The molecule has 0 aliphatic heterocycles. The second-order valence-electron chi connectivity index (χ2n) is 6.76. The maximum absolute atomic E-state index is 12.3. The van der Waals surface area contributed by atoms with Crippen LogP contribution in [0.4, 0.5) is 5.69 Å². The second-order valence-corrected chi connectivity index (χ2v) is 6.76. The molecule has 0 saturated carbocycles. The van der Waals surface area contributed by atoms with Crippen LogP contribution in [0.1, 0.15) is 18.1 Å². The molecule has 0 aliphatic rings. The van der Waals surface area contributed by atoms with Crippen molar-refractivity contribution in [3.8, 4) is 11.5 Å². The van der Waals surface area contributed by atoms with Gasteiger partial charge in [-0.2, -0.15) is 0 Å². The summed E-state index contributed by atoms with van der Waals surface area (Å²) in [7, 11) is 0. The first kappa shape index (κ1) is 20.9. The summed E-state index contributed by atoms with van der Waals surface area (Å²) >= 11 is 0. The number of benzene rings is 3. The first-order valence-corrected chi connectivity index (χ1v) is 9.54. The minimum absolute atomic E-state index is 0.0192. The van der Waals surface area contributed by atoms with Crippen molar-refractivity contribution in [3.05, 3.63) is 90.0 Å². The first-order valence-electron chi connectivity index (χ1n) is 9.54.